The lowest BCUT2D eigenvalue weighted by Crippen LogP contribution is -1.89. The van der Waals surface area contributed by atoms with E-state index >= 15 is 0 Å². The highest BCUT2D eigenvalue weighted by atomic mass is 16.3. The maximum absolute atomic E-state index is 5.55. The molecule has 0 amide bonds. The first-order chi connectivity index (χ1) is 23.8. The first-order valence-corrected chi connectivity index (χ1v) is 16.0. The van der Waals surface area contributed by atoms with Crippen molar-refractivity contribution < 1.29 is 8.83 Å². The third kappa shape index (κ3) is 4.24. The summed E-state index contributed by atoms with van der Waals surface area (Å²) in [5, 5.41) is 7.46. The van der Waals surface area contributed by atoms with Crippen molar-refractivity contribution in [1.29, 1.82) is 0 Å². The molecule has 0 unspecified atom stereocenters. The lowest BCUT2D eigenvalue weighted by atomic mass is 9.87. The van der Waals surface area contributed by atoms with Crippen molar-refractivity contribution in [2.75, 3.05) is 0 Å². The Bertz CT molecular complexity index is 2630. The van der Waals surface area contributed by atoms with E-state index in [2.05, 4.69) is 143 Å². The molecule has 0 bridgehead atoms. The van der Waals surface area contributed by atoms with Crippen LogP contribution in [0.4, 0.5) is 0 Å². The van der Waals surface area contributed by atoms with Crippen molar-refractivity contribution in [3.63, 3.8) is 0 Å². The van der Waals surface area contributed by atoms with Gasteiger partial charge < -0.3 is 8.83 Å². The molecular formula is C44H26N2O2. The number of rotatable bonds is 4. The lowest BCUT2D eigenvalue weighted by molar-refractivity contribution is 0.602. The topological polar surface area (TPSA) is 52.1 Å². The van der Waals surface area contributed by atoms with Gasteiger partial charge in [0.05, 0.1) is 0 Å². The number of nitrogens with zero attached hydrogens (tertiary/aromatic N) is 2. The van der Waals surface area contributed by atoms with E-state index in [1.165, 1.54) is 67.4 Å². The Hall–Kier alpha value is -6.52. The fourth-order valence-electron chi connectivity index (χ4n) is 7.19. The van der Waals surface area contributed by atoms with Gasteiger partial charge in [-0.05, 0) is 113 Å². The molecular weight excluding hydrogens is 588 g/mol. The van der Waals surface area contributed by atoms with Crippen LogP contribution in [0.5, 0.6) is 0 Å². The van der Waals surface area contributed by atoms with Crippen LogP contribution in [0, 0.1) is 0 Å². The fourth-order valence-corrected chi connectivity index (χ4v) is 7.19. The van der Waals surface area contributed by atoms with E-state index in [1.807, 2.05) is 12.1 Å². The van der Waals surface area contributed by atoms with E-state index in [9.17, 15) is 0 Å². The van der Waals surface area contributed by atoms with Gasteiger partial charge in [0.2, 0.25) is 0 Å². The summed E-state index contributed by atoms with van der Waals surface area (Å²) in [5.74, 6) is 0. The minimum atomic E-state index is 0.795. The summed E-state index contributed by atoms with van der Waals surface area (Å²) in [6.45, 7) is 0. The van der Waals surface area contributed by atoms with Crippen LogP contribution >= 0.6 is 0 Å². The van der Waals surface area contributed by atoms with E-state index in [0.717, 1.165) is 44.5 Å². The van der Waals surface area contributed by atoms with Crippen LogP contribution in [0.25, 0.3) is 99.0 Å². The van der Waals surface area contributed by atoms with Crippen molar-refractivity contribution in [2.24, 2.45) is 0 Å². The van der Waals surface area contributed by atoms with Gasteiger partial charge in [-0.1, -0.05) is 109 Å². The van der Waals surface area contributed by atoms with Gasteiger partial charge in [-0.3, -0.25) is 0 Å². The molecule has 0 radical (unpaired) electrons. The minimum Gasteiger partial charge on any atom is -0.443 e. The molecule has 4 nitrogen and oxygen atoms in total. The highest BCUT2D eigenvalue weighted by molar-refractivity contribution is 6.23. The number of hydrogen-bond donors (Lipinski definition) is 0. The third-order valence-corrected chi connectivity index (χ3v) is 9.60. The lowest BCUT2D eigenvalue weighted by Gasteiger charge is -2.16. The monoisotopic (exact) mass is 614 g/mol. The average molecular weight is 615 g/mol. The smallest absolute Gasteiger partial charge is 0.181 e. The van der Waals surface area contributed by atoms with E-state index in [1.54, 1.807) is 0 Å². The largest absolute Gasteiger partial charge is 0.443 e. The summed E-state index contributed by atoms with van der Waals surface area (Å²) >= 11 is 0. The predicted octanol–water partition coefficient (Wildman–Crippen LogP) is 12.1. The zero-order valence-electron chi connectivity index (χ0n) is 25.7. The van der Waals surface area contributed by atoms with E-state index < -0.39 is 0 Å². The molecule has 2 heterocycles. The summed E-state index contributed by atoms with van der Waals surface area (Å²) in [6.07, 6.45) is 2.99. The number of aromatic nitrogens is 2. The quantitative estimate of drug-likeness (QED) is 0.185. The molecule has 0 aliphatic heterocycles. The summed E-state index contributed by atoms with van der Waals surface area (Å²) in [4.78, 5) is 8.59. The molecule has 2 aromatic heterocycles. The van der Waals surface area contributed by atoms with Crippen LogP contribution < -0.4 is 0 Å². The van der Waals surface area contributed by atoms with E-state index in [4.69, 9.17) is 8.83 Å². The van der Waals surface area contributed by atoms with E-state index in [-0.39, 0.29) is 0 Å². The van der Waals surface area contributed by atoms with Crippen molar-refractivity contribution in [2.45, 2.75) is 0 Å². The maximum Gasteiger partial charge on any atom is 0.181 e. The first-order valence-electron chi connectivity index (χ1n) is 16.0. The molecule has 0 saturated carbocycles. The Morgan fingerprint density at radius 3 is 1.38 bits per heavy atom. The molecule has 0 atom stereocenters. The van der Waals surface area contributed by atoms with Crippen LogP contribution in [-0.2, 0) is 0 Å². The Labute approximate surface area is 275 Å². The van der Waals surface area contributed by atoms with E-state index in [0.29, 0.717) is 0 Å². The fraction of sp³-hybridized carbons (Fsp3) is 0. The van der Waals surface area contributed by atoms with Gasteiger partial charge in [-0.25, -0.2) is 9.97 Å². The molecule has 0 spiro atoms. The third-order valence-electron chi connectivity index (χ3n) is 9.60. The molecule has 48 heavy (non-hydrogen) atoms. The number of oxazole rings is 2. The van der Waals surface area contributed by atoms with Crippen LogP contribution in [0.2, 0.25) is 0 Å². The standard InChI is InChI=1S/C44H26N2O2/c1-3-7-35-33(5-1)37(29-13-9-27(10-14-29)31-18-20-43-42(21-31)46-26-47-43)23-39-36-8-4-2-6-34(36)38(24-40(35)39)30-15-11-28(12-16-30)32-17-19-41-44(22-32)48-25-45-41/h1-26H. The van der Waals surface area contributed by atoms with Gasteiger partial charge in [0.1, 0.15) is 11.0 Å². The van der Waals surface area contributed by atoms with Crippen LogP contribution in [0.1, 0.15) is 0 Å². The van der Waals surface area contributed by atoms with Gasteiger partial charge in [-0.15, -0.1) is 0 Å². The average Bonchev–Trinajstić information content (AvgIpc) is 3.84. The van der Waals surface area contributed by atoms with Crippen LogP contribution in [0.3, 0.4) is 0 Å². The molecule has 0 saturated heterocycles. The molecule has 10 rings (SSSR count). The van der Waals surface area contributed by atoms with Gasteiger partial charge >= 0.3 is 0 Å². The van der Waals surface area contributed by atoms with Gasteiger partial charge in [0.15, 0.2) is 24.0 Å². The maximum atomic E-state index is 5.55. The normalized spacial score (nSPS) is 11.8. The van der Waals surface area contributed by atoms with Crippen LogP contribution in [-0.4, -0.2) is 9.97 Å². The summed E-state index contributed by atoms with van der Waals surface area (Å²) in [5.41, 5.74) is 12.7. The Morgan fingerprint density at radius 1 is 0.312 bits per heavy atom. The Morgan fingerprint density at radius 2 is 0.771 bits per heavy atom. The SMILES string of the molecule is c1ccc2c(c1)c(-c1ccc(-c3ccc4ocnc4c3)cc1)cc1c3ccccc3c(-c3ccc(-c4ccc5ncoc5c4)cc3)cc21. The predicted molar refractivity (Wildman–Crippen MR) is 196 cm³/mol. The zero-order valence-corrected chi connectivity index (χ0v) is 25.7. The number of benzene rings is 8. The molecule has 10 aromatic rings. The second-order valence-electron chi connectivity index (χ2n) is 12.3. The highest BCUT2D eigenvalue weighted by Crippen LogP contribution is 2.42. The molecule has 0 aliphatic rings. The van der Waals surface area contributed by atoms with Crippen LogP contribution in [0.15, 0.2) is 167 Å². The second kappa shape index (κ2) is 10.5. The number of fused-ring (bicyclic) bond motifs is 7. The molecule has 0 fully saturated rings. The highest BCUT2D eigenvalue weighted by Gasteiger charge is 2.15. The van der Waals surface area contributed by atoms with Gasteiger partial charge in [0, 0.05) is 0 Å². The molecule has 4 heteroatoms. The summed E-state index contributed by atoms with van der Waals surface area (Å²) < 4.78 is 11.0. The van der Waals surface area contributed by atoms with Gasteiger partial charge in [-0.2, -0.15) is 0 Å². The Kier molecular flexibility index (Phi) is 5.84. The first kappa shape index (κ1) is 26.7. The van der Waals surface area contributed by atoms with Gasteiger partial charge in [0.25, 0.3) is 0 Å². The van der Waals surface area contributed by atoms with Crippen molar-refractivity contribution >= 4 is 54.5 Å². The van der Waals surface area contributed by atoms with Crippen molar-refractivity contribution in [3.8, 4) is 44.5 Å². The molecule has 0 N–H and O–H groups in total. The summed E-state index contributed by atoms with van der Waals surface area (Å²) in [6, 6.07) is 52.3. The molecule has 8 aromatic carbocycles. The minimum absolute atomic E-state index is 0.795. The molecule has 224 valence electrons. The zero-order chi connectivity index (χ0) is 31.6. The number of hydrogen-bond acceptors (Lipinski definition) is 4. The summed E-state index contributed by atoms with van der Waals surface area (Å²) in [7, 11) is 0. The van der Waals surface area contributed by atoms with Crippen molar-refractivity contribution in [1.82, 2.24) is 9.97 Å². The second-order valence-corrected chi connectivity index (χ2v) is 12.3. The van der Waals surface area contributed by atoms with Crippen molar-refractivity contribution in [3.05, 3.63) is 158 Å². The Balaban J connectivity index is 1.11. The molecule has 0 aliphatic carbocycles.